The van der Waals surface area contributed by atoms with E-state index in [4.69, 9.17) is 9.15 Å². The molecule has 0 saturated carbocycles. The number of carbonyl (C=O) groups excluding carboxylic acids is 1. The molecular formula is C15H16N2O5S. The number of carboxylic acid groups (broad SMARTS) is 1. The van der Waals surface area contributed by atoms with Crippen LogP contribution in [0.3, 0.4) is 0 Å². The standard InChI is InChI=1S/C15H16N2O5S/c1-8-3-4-10(22-8)13-16-9(2)11(23-13)12(18)17-15(14(19)20)5-6-21-7-15/h3-4H,5-7H2,1-2H3,(H,17,18)(H,19,20). The minimum Gasteiger partial charge on any atom is -0.479 e. The lowest BCUT2D eigenvalue weighted by molar-refractivity contribution is -0.144. The Morgan fingerprint density at radius 3 is 2.74 bits per heavy atom. The number of carboxylic acids is 1. The summed E-state index contributed by atoms with van der Waals surface area (Å²) in [5.74, 6) is -0.201. The van der Waals surface area contributed by atoms with Crippen molar-refractivity contribution in [2.75, 3.05) is 13.2 Å². The van der Waals surface area contributed by atoms with E-state index < -0.39 is 17.4 Å². The summed E-state index contributed by atoms with van der Waals surface area (Å²) >= 11 is 1.18. The molecule has 0 aromatic carbocycles. The third-order valence-corrected chi connectivity index (χ3v) is 4.91. The van der Waals surface area contributed by atoms with E-state index >= 15 is 0 Å². The van der Waals surface area contributed by atoms with Crippen LogP contribution in [0.4, 0.5) is 0 Å². The van der Waals surface area contributed by atoms with E-state index in [1.807, 2.05) is 13.0 Å². The van der Waals surface area contributed by atoms with Crippen LogP contribution < -0.4 is 5.32 Å². The summed E-state index contributed by atoms with van der Waals surface area (Å²) in [7, 11) is 0. The molecule has 7 nitrogen and oxygen atoms in total. The Bertz CT molecular complexity index is 758. The highest BCUT2D eigenvalue weighted by atomic mass is 32.1. The van der Waals surface area contributed by atoms with Gasteiger partial charge in [-0.05, 0) is 26.0 Å². The van der Waals surface area contributed by atoms with Gasteiger partial charge in [0.25, 0.3) is 5.91 Å². The Hall–Kier alpha value is -2.19. The van der Waals surface area contributed by atoms with E-state index in [-0.39, 0.29) is 13.0 Å². The van der Waals surface area contributed by atoms with Crippen LogP contribution in [0.2, 0.25) is 0 Å². The Kier molecular flexibility index (Phi) is 3.95. The van der Waals surface area contributed by atoms with Gasteiger partial charge in [0.05, 0.1) is 12.3 Å². The highest BCUT2D eigenvalue weighted by Gasteiger charge is 2.44. The van der Waals surface area contributed by atoms with Crippen LogP contribution >= 0.6 is 11.3 Å². The first-order valence-corrected chi connectivity index (χ1v) is 7.91. The Balaban J connectivity index is 1.85. The van der Waals surface area contributed by atoms with Gasteiger partial charge in [0, 0.05) is 13.0 Å². The van der Waals surface area contributed by atoms with Crippen LogP contribution in [0.5, 0.6) is 0 Å². The largest absolute Gasteiger partial charge is 0.479 e. The predicted octanol–water partition coefficient (Wildman–Crippen LogP) is 1.99. The number of aromatic nitrogens is 1. The normalized spacial score (nSPS) is 20.6. The summed E-state index contributed by atoms with van der Waals surface area (Å²) < 4.78 is 10.7. The van der Waals surface area contributed by atoms with Gasteiger partial charge >= 0.3 is 5.97 Å². The number of ether oxygens (including phenoxy) is 1. The number of furan rings is 1. The third kappa shape index (κ3) is 2.87. The van der Waals surface area contributed by atoms with Gasteiger partial charge < -0.3 is 19.6 Å². The summed E-state index contributed by atoms with van der Waals surface area (Å²) in [6.07, 6.45) is 0.246. The predicted molar refractivity (Wildman–Crippen MR) is 82.6 cm³/mol. The van der Waals surface area contributed by atoms with E-state index in [2.05, 4.69) is 10.3 Å². The number of rotatable bonds is 4. The lowest BCUT2D eigenvalue weighted by Crippen LogP contribution is -2.55. The quantitative estimate of drug-likeness (QED) is 0.885. The summed E-state index contributed by atoms with van der Waals surface area (Å²) in [5.41, 5.74) is -0.828. The van der Waals surface area contributed by atoms with E-state index in [9.17, 15) is 14.7 Å². The van der Waals surface area contributed by atoms with Crippen molar-refractivity contribution >= 4 is 23.2 Å². The van der Waals surface area contributed by atoms with Gasteiger partial charge in [0.1, 0.15) is 10.6 Å². The van der Waals surface area contributed by atoms with Gasteiger partial charge in [-0.2, -0.15) is 0 Å². The number of thiazole rings is 1. The lowest BCUT2D eigenvalue weighted by Gasteiger charge is -2.23. The zero-order valence-corrected chi connectivity index (χ0v) is 13.5. The zero-order valence-electron chi connectivity index (χ0n) is 12.7. The molecule has 1 amide bonds. The monoisotopic (exact) mass is 336 g/mol. The van der Waals surface area contributed by atoms with Gasteiger partial charge in [0.15, 0.2) is 16.3 Å². The van der Waals surface area contributed by atoms with Crippen molar-refractivity contribution in [3.05, 3.63) is 28.5 Å². The second-order valence-electron chi connectivity index (χ2n) is 5.49. The molecular weight excluding hydrogens is 320 g/mol. The van der Waals surface area contributed by atoms with Crippen molar-refractivity contribution in [1.82, 2.24) is 10.3 Å². The molecule has 2 aromatic rings. The number of nitrogens with zero attached hydrogens (tertiary/aromatic N) is 1. The molecule has 0 radical (unpaired) electrons. The van der Waals surface area contributed by atoms with Crippen molar-refractivity contribution < 1.29 is 23.8 Å². The van der Waals surface area contributed by atoms with Crippen LogP contribution in [-0.2, 0) is 9.53 Å². The summed E-state index contributed by atoms with van der Waals surface area (Å²) in [4.78, 5) is 28.7. The first kappa shape index (κ1) is 15.7. The topological polar surface area (TPSA) is 102 Å². The minimum atomic E-state index is -1.37. The summed E-state index contributed by atoms with van der Waals surface area (Å²) in [6.45, 7) is 3.82. The highest BCUT2D eigenvalue weighted by molar-refractivity contribution is 7.17. The summed E-state index contributed by atoms with van der Waals surface area (Å²) in [6, 6.07) is 3.61. The van der Waals surface area contributed by atoms with Gasteiger partial charge in [-0.1, -0.05) is 0 Å². The molecule has 3 heterocycles. The number of carbonyl (C=O) groups is 2. The van der Waals surface area contributed by atoms with E-state index in [0.717, 1.165) is 5.76 Å². The fourth-order valence-electron chi connectivity index (χ4n) is 2.42. The van der Waals surface area contributed by atoms with Crippen LogP contribution in [-0.4, -0.2) is 40.7 Å². The van der Waals surface area contributed by atoms with Crippen LogP contribution in [0, 0.1) is 13.8 Å². The number of aryl methyl sites for hydroxylation is 2. The van der Waals surface area contributed by atoms with Crippen molar-refractivity contribution in [3.8, 4) is 10.8 Å². The molecule has 0 bridgehead atoms. The molecule has 3 rings (SSSR count). The van der Waals surface area contributed by atoms with Crippen molar-refractivity contribution in [2.24, 2.45) is 0 Å². The van der Waals surface area contributed by atoms with Gasteiger partial charge in [-0.3, -0.25) is 4.79 Å². The smallest absolute Gasteiger partial charge is 0.331 e. The highest BCUT2D eigenvalue weighted by Crippen LogP contribution is 2.30. The molecule has 2 N–H and O–H groups in total. The van der Waals surface area contributed by atoms with Crippen LogP contribution in [0.25, 0.3) is 10.8 Å². The molecule has 1 atom stereocenters. The first-order chi connectivity index (χ1) is 10.9. The molecule has 1 aliphatic heterocycles. The number of amides is 1. The fraction of sp³-hybridized carbons (Fsp3) is 0.400. The minimum absolute atomic E-state index is 0.0316. The Morgan fingerprint density at radius 1 is 1.39 bits per heavy atom. The molecule has 0 aliphatic carbocycles. The Labute approximate surface area is 136 Å². The van der Waals surface area contributed by atoms with Crippen molar-refractivity contribution in [3.63, 3.8) is 0 Å². The molecule has 1 saturated heterocycles. The van der Waals surface area contributed by atoms with Gasteiger partial charge in [-0.15, -0.1) is 11.3 Å². The number of nitrogens with one attached hydrogen (secondary N) is 1. The molecule has 2 aromatic heterocycles. The van der Waals surface area contributed by atoms with Crippen molar-refractivity contribution in [1.29, 1.82) is 0 Å². The average Bonchev–Trinajstić information content (AvgIpc) is 3.19. The number of hydrogen-bond acceptors (Lipinski definition) is 6. The van der Waals surface area contributed by atoms with Gasteiger partial charge in [-0.25, -0.2) is 9.78 Å². The SMILES string of the molecule is Cc1ccc(-c2nc(C)c(C(=O)NC3(C(=O)O)CCOC3)s2)o1. The average molecular weight is 336 g/mol. The van der Waals surface area contributed by atoms with E-state index in [0.29, 0.717) is 27.9 Å². The fourth-order valence-corrected chi connectivity index (χ4v) is 3.35. The second-order valence-corrected chi connectivity index (χ2v) is 6.49. The molecule has 122 valence electrons. The molecule has 8 heteroatoms. The first-order valence-electron chi connectivity index (χ1n) is 7.09. The van der Waals surface area contributed by atoms with Crippen molar-refractivity contribution in [2.45, 2.75) is 25.8 Å². The lowest BCUT2D eigenvalue weighted by atomic mass is 9.99. The molecule has 0 spiro atoms. The molecule has 23 heavy (non-hydrogen) atoms. The maximum atomic E-state index is 12.5. The van der Waals surface area contributed by atoms with Crippen LogP contribution in [0.15, 0.2) is 16.5 Å². The summed E-state index contributed by atoms with van der Waals surface area (Å²) in [5, 5.41) is 12.6. The van der Waals surface area contributed by atoms with Gasteiger partial charge in [0.2, 0.25) is 0 Å². The number of hydrogen-bond donors (Lipinski definition) is 2. The van der Waals surface area contributed by atoms with Crippen LogP contribution in [0.1, 0.15) is 27.5 Å². The maximum Gasteiger partial charge on any atom is 0.331 e. The zero-order chi connectivity index (χ0) is 16.6. The maximum absolute atomic E-state index is 12.5. The Morgan fingerprint density at radius 2 is 2.17 bits per heavy atom. The third-order valence-electron chi connectivity index (χ3n) is 3.74. The van der Waals surface area contributed by atoms with E-state index in [1.165, 1.54) is 11.3 Å². The van der Waals surface area contributed by atoms with E-state index in [1.54, 1.807) is 13.0 Å². The molecule has 1 fully saturated rings. The number of aliphatic carboxylic acids is 1. The molecule has 1 unspecified atom stereocenters. The molecule has 1 aliphatic rings. The second kappa shape index (κ2) is 5.78.